The normalized spacial score (nSPS) is 11.5. The Labute approximate surface area is 212 Å². The number of carbonyl (C=O) groups excluding carboxylic acids is 1. The first-order chi connectivity index (χ1) is 16.8. The lowest BCUT2D eigenvalue weighted by molar-refractivity contribution is -0.112. The van der Waals surface area contributed by atoms with Crippen LogP contribution in [0.4, 0.5) is 5.13 Å². The van der Waals surface area contributed by atoms with E-state index in [4.69, 9.17) is 21.1 Å². The molecule has 2 aromatic carbocycles. The van der Waals surface area contributed by atoms with E-state index in [0.29, 0.717) is 36.0 Å². The lowest BCUT2D eigenvalue weighted by Gasteiger charge is -2.08. The van der Waals surface area contributed by atoms with Crippen molar-refractivity contribution in [3.63, 3.8) is 0 Å². The number of amides is 1. The van der Waals surface area contributed by atoms with Crippen LogP contribution >= 0.6 is 23.1 Å². The summed E-state index contributed by atoms with van der Waals surface area (Å²) in [6.07, 6.45) is 2.08. The summed E-state index contributed by atoms with van der Waals surface area (Å²) in [5.74, 6) is 0.498. The van der Waals surface area contributed by atoms with Crippen LogP contribution in [-0.2, 0) is 14.6 Å². The molecule has 1 N–H and O–H groups in total. The van der Waals surface area contributed by atoms with E-state index in [1.807, 2.05) is 6.07 Å². The summed E-state index contributed by atoms with van der Waals surface area (Å²) in [6.45, 7) is 2.41. The fourth-order valence-electron chi connectivity index (χ4n) is 2.63. The van der Waals surface area contributed by atoms with Crippen LogP contribution in [0.25, 0.3) is 6.08 Å². The van der Waals surface area contributed by atoms with Gasteiger partial charge in [0.1, 0.15) is 23.1 Å². The van der Waals surface area contributed by atoms with E-state index >= 15 is 0 Å². The van der Waals surface area contributed by atoms with Gasteiger partial charge in [-0.05, 0) is 48.0 Å². The van der Waals surface area contributed by atoms with E-state index in [-0.39, 0.29) is 21.6 Å². The molecule has 3 aromatic rings. The molecular formula is C23H21ClN4O5S2. The third kappa shape index (κ3) is 7.78. The van der Waals surface area contributed by atoms with Gasteiger partial charge in [0.15, 0.2) is 0 Å². The fraction of sp³-hybridized carbons (Fsp3) is 0.217. The van der Waals surface area contributed by atoms with Crippen LogP contribution in [0, 0.1) is 11.3 Å². The maximum atomic E-state index is 12.4. The Morgan fingerprint density at radius 2 is 1.71 bits per heavy atom. The molecule has 0 saturated heterocycles. The third-order valence-corrected chi connectivity index (χ3v) is 6.98. The van der Waals surface area contributed by atoms with E-state index in [0.717, 1.165) is 17.3 Å². The molecule has 0 unspecified atom stereocenters. The van der Waals surface area contributed by atoms with Crippen molar-refractivity contribution >= 4 is 50.1 Å². The van der Waals surface area contributed by atoms with Crippen molar-refractivity contribution in [3.05, 3.63) is 64.7 Å². The van der Waals surface area contributed by atoms with E-state index in [1.54, 1.807) is 48.5 Å². The summed E-state index contributed by atoms with van der Waals surface area (Å²) in [6, 6.07) is 15.8. The monoisotopic (exact) mass is 532 g/mol. The molecule has 0 aliphatic heterocycles. The smallest absolute Gasteiger partial charge is 0.268 e. The van der Waals surface area contributed by atoms with Gasteiger partial charge in [-0.1, -0.05) is 30.7 Å². The van der Waals surface area contributed by atoms with Gasteiger partial charge < -0.3 is 9.47 Å². The van der Waals surface area contributed by atoms with Gasteiger partial charge in [-0.3, -0.25) is 10.1 Å². The standard InChI is InChI=1S/C23H21ClN4O5S2/c1-2-35(30,31)23-27-22(34-28-23)26-21(29)17(15-25)14-16-4-8-19(9-5-16)32-12-3-13-33-20-10-6-18(24)7-11-20/h4-11,14H,2-3,12-13H2,1H3,(H,26,27,28,29). The van der Waals surface area contributed by atoms with Crippen LogP contribution in [0.5, 0.6) is 11.5 Å². The van der Waals surface area contributed by atoms with Crippen LogP contribution in [-0.4, -0.2) is 42.6 Å². The van der Waals surface area contributed by atoms with Crippen LogP contribution in [0.2, 0.25) is 5.02 Å². The summed E-state index contributed by atoms with van der Waals surface area (Å²) in [5, 5.41) is 12.1. The number of ether oxygens (including phenoxy) is 2. The van der Waals surface area contributed by atoms with E-state index in [2.05, 4.69) is 14.7 Å². The summed E-state index contributed by atoms with van der Waals surface area (Å²) < 4.78 is 38.7. The van der Waals surface area contributed by atoms with Gasteiger partial charge in [-0.25, -0.2) is 8.42 Å². The molecule has 12 heteroatoms. The molecule has 0 aliphatic carbocycles. The van der Waals surface area contributed by atoms with E-state index < -0.39 is 15.7 Å². The molecule has 3 rings (SSSR count). The minimum Gasteiger partial charge on any atom is -0.493 e. The van der Waals surface area contributed by atoms with Gasteiger partial charge in [0, 0.05) is 23.0 Å². The number of sulfone groups is 1. The first kappa shape index (κ1) is 26.2. The zero-order valence-electron chi connectivity index (χ0n) is 18.6. The topological polar surface area (TPSA) is 131 Å². The Hall–Kier alpha value is -3.46. The highest BCUT2D eigenvalue weighted by Gasteiger charge is 2.20. The summed E-state index contributed by atoms with van der Waals surface area (Å²) >= 11 is 6.57. The molecule has 0 aliphatic rings. The molecule has 0 atom stereocenters. The predicted octanol–water partition coefficient (Wildman–Crippen LogP) is 4.38. The number of nitriles is 1. The minimum atomic E-state index is -3.58. The Morgan fingerprint density at radius 1 is 1.11 bits per heavy atom. The summed E-state index contributed by atoms with van der Waals surface area (Å²) in [4.78, 5) is 16.2. The SMILES string of the molecule is CCS(=O)(=O)c1nsc(NC(=O)C(C#N)=Cc2ccc(OCCCOc3ccc(Cl)cc3)cc2)n1. The second-order valence-corrected chi connectivity index (χ2v) is 10.3. The zero-order chi connectivity index (χ0) is 25.3. The molecule has 0 bridgehead atoms. The number of carbonyl (C=O) groups is 1. The van der Waals surface area contributed by atoms with Crippen LogP contribution in [0.3, 0.4) is 0 Å². The first-order valence-corrected chi connectivity index (χ1v) is 13.2. The third-order valence-electron chi connectivity index (χ3n) is 4.48. The van der Waals surface area contributed by atoms with Gasteiger partial charge >= 0.3 is 0 Å². The maximum absolute atomic E-state index is 12.4. The Bertz CT molecular complexity index is 1330. The molecule has 1 amide bonds. The minimum absolute atomic E-state index is 0.00744. The van der Waals surface area contributed by atoms with Crippen molar-refractivity contribution in [2.24, 2.45) is 0 Å². The molecule has 0 spiro atoms. The second kappa shape index (κ2) is 12.3. The number of halogens is 1. The number of hydrogen-bond acceptors (Lipinski definition) is 9. The first-order valence-electron chi connectivity index (χ1n) is 10.4. The quantitative estimate of drug-likeness (QED) is 0.218. The van der Waals surface area contributed by atoms with Crippen LogP contribution in [0.1, 0.15) is 18.9 Å². The molecule has 0 fully saturated rings. The number of aromatic nitrogens is 2. The highest BCUT2D eigenvalue weighted by Crippen LogP contribution is 2.19. The highest BCUT2D eigenvalue weighted by atomic mass is 35.5. The number of nitrogens with one attached hydrogen (secondary N) is 1. The Kier molecular flexibility index (Phi) is 9.19. The van der Waals surface area contributed by atoms with Crippen molar-refractivity contribution in [1.82, 2.24) is 9.36 Å². The van der Waals surface area contributed by atoms with Crippen molar-refractivity contribution < 1.29 is 22.7 Å². The highest BCUT2D eigenvalue weighted by molar-refractivity contribution is 7.91. The molecule has 35 heavy (non-hydrogen) atoms. The number of anilines is 1. The largest absolute Gasteiger partial charge is 0.493 e. The molecular weight excluding hydrogens is 512 g/mol. The Balaban J connectivity index is 1.50. The molecule has 182 valence electrons. The van der Waals surface area contributed by atoms with Gasteiger partial charge in [-0.2, -0.15) is 14.6 Å². The maximum Gasteiger partial charge on any atom is 0.268 e. The second-order valence-electron chi connectivity index (χ2n) is 6.98. The lowest BCUT2D eigenvalue weighted by atomic mass is 10.1. The molecule has 0 saturated carbocycles. The fourth-order valence-corrected chi connectivity index (χ4v) is 4.34. The van der Waals surface area contributed by atoms with Crippen LogP contribution < -0.4 is 14.8 Å². The molecule has 0 radical (unpaired) electrons. The average Bonchev–Trinajstić information content (AvgIpc) is 3.33. The van der Waals surface area contributed by atoms with Crippen LogP contribution in [0.15, 0.2) is 59.3 Å². The van der Waals surface area contributed by atoms with Crippen molar-refractivity contribution in [3.8, 4) is 17.6 Å². The lowest BCUT2D eigenvalue weighted by Crippen LogP contribution is -2.13. The number of benzene rings is 2. The van der Waals surface area contributed by atoms with E-state index in [1.165, 1.54) is 13.0 Å². The molecule has 1 aromatic heterocycles. The molecule has 9 nitrogen and oxygen atoms in total. The summed E-state index contributed by atoms with van der Waals surface area (Å²) in [5.41, 5.74) is 0.440. The number of rotatable bonds is 11. The summed E-state index contributed by atoms with van der Waals surface area (Å²) in [7, 11) is -3.58. The van der Waals surface area contributed by atoms with Crippen molar-refractivity contribution in [2.75, 3.05) is 24.3 Å². The van der Waals surface area contributed by atoms with Gasteiger partial charge in [-0.15, -0.1) is 0 Å². The number of hydrogen-bond donors (Lipinski definition) is 1. The average molecular weight is 533 g/mol. The Morgan fingerprint density at radius 3 is 2.29 bits per heavy atom. The van der Waals surface area contributed by atoms with Gasteiger partial charge in [0.25, 0.3) is 11.1 Å². The van der Waals surface area contributed by atoms with Crippen molar-refractivity contribution in [2.45, 2.75) is 18.5 Å². The predicted molar refractivity (Wildman–Crippen MR) is 133 cm³/mol. The van der Waals surface area contributed by atoms with Gasteiger partial charge in [0.2, 0.25) is 15.0 Å². The van der Waals surface area contributed by atoms with Gasteiger partial charge in [0.05, 0.1) is 19.0 Å². The number of nitrogens with zero attached hydrogens (tertiary/aromatic N) is 3. The zero-order valence-corrected chi connectivity index (χ0v) is 21.0. The molecule has 1 heterocycles. The van der Waals surface area contributed by atoms with E-state index in [9.17, 15) is 18.5 Å². The van der Waals surface area contributed by atoms with Crippen molar-refractivity contribution in [1.29, 1.82) is 5.26 Å².